The van der Waals surface area contributed by atoms with Crippen LogP contribution >= 0.6 is 23.4 Å². The molecule has 1 saturated heterocycles. The number of rotatable bonds is 7. The van der Waals surface area contributed by atoms with Crippen molar-refractivity contribution >= 4 is 29.3 Å². The number of halogens is 1. The van der Waals surface area contributed by atoms with Crippen LogP contribution in [0.4, 0.5) is 0 Å². The summed E-state index contributed by atoms with van der Waals surface area (Å²) >= 11 is 7.53. The fourth-order valence-electron chi connectivity index (χ4n) is 3.21. The Labute approximate surface area is 158 Å². The van der Waals surface area contributed by atoms with Crippen molar-refractivity contribution in [1.82, 2.24) is 5.32 Å². The van der Waals surface area contributed by atoms with Gasteiger partial charge in [-0.3, -0.25) is 4.79 Å². The van der Waals surface area contributed by atoms with Crippen molar-refractivity contribution in [2.24, 2.45) is 0 Å². The van der Waals surface area contributed by atoms with Crippen LogP contribution in [0.3, 0.4) is 0 Å². The Balaban J connectivity index is 1.35. The highest BCUT2D eigenvalue weighted by atomic mass is 35.5. The molecule has 0 saturated carbocycles. The first-order valence-electron chi connectivity index (χ1n) is 8.68. The van der Waals surface area contributed by atoms with Crippen LogP contribution in [0.1, 0.15) is 17.5 Å². The van der Waals surface area contributed by atoms with Gasteiger partial charge in [0.05, 0.1) is 24.9 Å². The molecule has 1 aliphatic rings. The summed E-state index contributed by atoms with van der Waals surface area (Å²) in [5.74, 6) is 1.48. The molecule has 1 unspecified atom stereocenters. The van der Waals surface area contributed by atoms with Crippen LogP contribution in [0.25, 0.3) is 0 Å². The molecule has 2 aromatic carbocycles. The molecule has 1 fully saturated rings. The Morgan fingerprint density at radius 3 is 2.64 bits per heavy atom. The van der Waals surface area contributed by atoms with Crippen molar-refractivity contribution in [3.05, 3.63) is 70.7 Å². The number of carbonyl (C=O) groups excluding carboxylic acids is 1. The number of hydrogen-bond donors (Lipinski definition) is 2. The number of amides is 1. The van der Waals surface area contributed by atoms with Crippen LogP contribution in [-0.4, -0.2) is 30.8 Å². The predicted molar refractivity (Wildman–Crippen MR) is 105 cm³/mol. The molecule has 0 spiro atoms. The Morgan fingerprint density at radius 2 is 1.88 bits per heavy atom. The third-order valence-electron chi connectivity index (χ3n) is 4.46. The fraction of sp³-hybridized carbons (Fsp3) is 0.350. The van der Waals surface area contributed by atoms with Gasteiger partial charge in [-0.25, -0.2) is 0 Å². The SMILES string of the molecule is O=C(CSCc1ccc(Cl)cc1)N[C@H]1CC[NH+](Cc2ccccc2)C1. The minimum absolute atomic E-state index is 0.143. The molecule has 2 N–H and O–H groups in total. The van der Waals surface area contributed by atoms with E-state index >= 15 is 0 Å². The summed E-state index contributed by atoms with van der Waals surface area (Å²) in [5, 5.41) is 3.93. The zero-order valence-electron chi connectivity index (χ0n) is 14.2. The van der Waals surface area contributed by atoms with Gasteiger partial charge in [-0.05, 0) is 17.7 Å². The maximum Gasteiger partial charge on any atom is 0.230 e. The average molecular weight is 376 g/mol. The lowest BCUT2D eigenvalue weighted by molar-refractivity contribution is -0.901. The molecule has 0 radical (unpaired) electrons. The molecule has 25 heavy (non-hydrogen) atoms. The van der Waals surface area contributed by atoms with E-state index in [4.69, 9.17) is 11.6 Å². The number of nitrogens with one attached hydrogen (secondary N) is 2. The maximum atomic E-state index is 12.1. The van der Waals surface area contributed by atoms with Crippen LogP contribution in [0.15, 0.2) is 54.6 Å². The second kappa shape index (κ2) is 9.27. The molecule has 5 heteroatoms. The Morgan fingerprint density at radius 1 is 1.12 bits per heavy atom. The molecule has 3 nitrogen and oxygen atoms in total. The standard InChI is InChI=1S/C20H23ClN2OS/c21-18-8-6-17(7-9-18)14-25-15-20(24)22-19-10-11-23(13-19)12-16-4-2-1-3-5-16/h1-9,19H,10-15H2,(H,22,24)/p+1/t19-/m0/s1. The maximum absolute atomic E-state index is 12.1. The number of thioether (sulfide) groups is 1. The number of quaternary nitrogens is 1. The molecule has 3 rings (SSSR count). The van der Waals surface area contributed by atoms with Crippen LogP contribution in [0, 0.1) is 0 Å². The first-order chi connectivity index (χ1) is 12.2. The zero-order chi connectivity index (χ0) is 17.5. The van der Waals surface area contributed by atoms with E-state index in [1.54, 1.807) is 16.7 Å². The van der Waals surface area contributed by atoms with Gasteiger partial charge in [0.2, 0.25) is 5.91 Å². The highest BCUT2D eigenvalue weighted by Gasteiger charge is 2.27. The van der Waals surface area contributed by atoms with Gasteiger partial charge < -0.3 is 10.2 Å². The Hall–Kier alpha value is -1.49. The largest absolute Gasteiger partial charge is 0.347 e. The summed E-state index contributed by atoms with van der Waals surface area (Å²) in [6.07, 6.45) is 1.07. The van der Waals surface area contributed by atoms with Crippen LogP contribution < -0.4 is 10.2 Å². The second-order valence-corrected chi connectivity index (χ2v) is 7.96. The van der Waals surface area contributed by atoms with Crippen LogP contribution in [0.5, 0.6) is 0 Å². The van der Waals surface area contributed by atoms with Crippen LogP contribution in [-0.2, 0) is 17.1 Å². The van der Waals surface area contributed by atoms with E-state index in [-0.39, 0.29) is 5.91 Å². The van der Waals surface area contributed by atoms with E-state index in [0.29, 0.717) is 11.8 Å². The third kappa shape index (κ3) is 6.07. The normalized spacial score (nSPS) is 19.7. The Bertz CT molecular complexity index is 678. The van der Waals surface area contributed by atoms with Crippen molar-refractivity contribution < 1.29 is 9.69 Å². The summed E-state index contributed by atoms with van der Waals surface area (Å²) in [6, 6.07) is 18.7. The first kappa shape index (κ1) is 18.3. The lowest BCUT2D eigenvalue weighted by Crippen LogP contribution is -3.09. The van der Waals surface area contributed by atoms with E-state index in [9.17, 15) is 4.79 Å². The third-order valence-corrected chi connectivity index (χ3v) is 5.71. The molecule has 1 aliphatic heterocycles. The highest BCUT2D eigenvalue weighted by molar-refractivity contribution is 7.99. The zero-order valence-corrected chi connectivity index (χ0v) is 15.8. The molecule has 132 valence electrons. The number of hydrogen-bond acceptors (Lipinski definition) is 2. The van der Waals surface area contributed by atoms with Crippen molar-refractivity contribution in [2.45, 2.75) is 24.8 Å². The monoisotopic (exact) mass is 375 g/mol. The topological polar surface area (TPSA) is 33.5 Å². The molecular formula is C20H24ClN2OS+. The Kier molecular flexibility index (Phi) is 6.79. The van der Waals surface area contributed by atoms with Gasteiger partial charge in [0.1, 0.15) is 6.54 Å². The van der Waals surface area contributed by atoms with Crippen LogP contribution in [0.2, 0.25) is 5.02 Å². The van der Waals surface area contributed by atoms with Gasteiger partial charge in [-0.15, -0.1) is 11.8 Å². The summed E-state index contributed by atoms with van der Waals surface area (Å²) in [4.78, 5) is 13.7. The van der Waals surface area contributed by atoms with Crippen molar-refractivity contribution in [3.63, 3.8) is 0 Å². The number of benzene rings is 2. The summed E-state index contributed by atoms with van der Waals surface area (Å²) in [6.45, 7) is 3.18. The van der Waals surface area contributed by atoms with Gasteiger partial charge in [0.15, 0.2) is 0 Å². The van der Waals surface area contributed by atoms with Gasteiger partial charge in [-0.1, -0.05) is 54.1 Å². The molecule has 0 aliphatic carbocycles. The molecule has 1 amide bonds. The first-order valence-corrected chi connectivity index (χ1v) is 10.2. The molecule has 1 heterocycles. The van der Waals surface area contributed by atoms with E-state index in [2.05, 4.69) is 29.6 Å². The molecule has 0 aromatic heterocycles. The molecule has 2 atom stereocenters. The molecular weight excluding hydrogens is 352 g/mol. The fourth-order valence-corrected chi connectivity index (χ4v) is 4.14. The lowest BCUT2D eigenvalue weighted by Gasteiger charge is -2.14. The van der Waals surface area contributed by atoms with Crippen molar-refractivity contribution in [2.75, 3.05) is 18.8 Å². The number of carbonyl (C=O) groups is 1. The van der Waals surface area contributed by atoms with Crippen molar-refractivity contribution in [1.29, 1.82) is 0 Å². The predicted octanol–water partition coefficient (Wildman–Crippen LogP) is 2.55. The average Bonchev–Trinajstić information content (AvgIpc) is 3.04. The molecule has 2 aromatic rings. The quantitative estimate of drug-likeness (QED) is 0.779. The van der Waals surface area contributed by atoms with Gasteiger partial charge in [-0.2, -0.15) is 0 Å². The van der Waals surface area contributed by atoms with Gasteiger partial charge >= 0.3 is 0 Å². The smallest absolute Gasteiger partial charge is 0.230 e. The molecule has 0 bridgehead atoms. The van der Waals surface area contributed by atoms with Gasteiger partial charge in [0.25, 0.3) is 0 Å². The van der Waals surface area contributed by atoms with E-state index in [0.717, 1.165) is 36.8 Å². The highest BCUT2D eigenvalue weighted by Crippen LogP contribution is 2.15. The van der Waals surface area contributed by atoms with E-state index in [1.807, 2.05) is 30.3 Å². The second-order valence-electron chi connectivity index (χ2n) is 6.54. The summed E-state index contributed by atoms with van der Waals surface area (Å²) < 4.78 is 0. The summed E-state index contributed by atoms with van der Waals surface area (Å²) in [5.41, 5.74) is 2.56. The number of likely N-dealkylation sites (tertiary alicyclic amines) is 1. The van der Waals surface area contributed by atoms with Gasteiger partial charge in [0, 0.05) is 22.8 Å². The summed E-state index contributed by atoms with van der Waals surface area (Å²) in [7, 11) is 0. The minimum atomic E-state index is 0.143. The van der Waals surface area contributed by atoms with E-state index in [1.165, 1.54) is 11.1 Å². The lowest BCUT2D eigenvalue weighted by atomic mass is 10.2. The van der Waals surface area contributed by atoms with E-state index < -0.39 is 0 Å². The van der Waals surface area contributed by atoms with Crippen molar-refractivity contribution in [3.8, 4) is 0 Å². The minimum Gasteiger partial charge on any atom is -0.347 e.